The summed E-state index contributed by atoms with van der Waals surface area (Å²) in [4.78, 5) is 3.54. The Hall–Kier alpha value is -0.340. The van der Waals surface area contributed by atoms with Crippen molar-refractivity contribution < 1.29 is 4.39 Å². The minimum atomic E-state index is -0.617. The maximum atomic E-state index is 12.4. The maximum absolute atomic E-state index is 12.4. The maximum Gasteiger partial charge on any atom is 0.163 e. The van der Waals surface area contributed by atoms with Crippen molar-refractivity contribution in [3.63, 3.8) is 0 Å². The normalized spacial score (nSPS) is 9.67. The van der Waals surface area contributed by atoms with Crippen molar-refractivity contribution in [3.05, 3.63) is 28.3 Å². The summed E-state index contributed by atoms with van der Waals surface area (Å²) >= 11 is 10.6. The molecule has 48 valence electrons. The number of hydrogen-bond acceptors (Lipinski definition) is 1. The molecule has 1 heterocycles. The fourth-order valence-electron chi connectivity index (χ4n) is 0.396. The van der Waals surface area contributed by atoms with Gasteiger partial charge in [0.15, 0.2) is 5.82 Å². The van der Waals surface area contributed by atoms with E-state index in [-0.39, 0.29) is 10.0 Å². The van der Waals surface area contributed by atoms with Crippen molar-refractivity contribution in [2.24, 2.45) is 0 Å². The Balaban J connectivity index is 3.25. The standard InChI is InChI=1S/C5H2Cl2FN/c6-3-1-9-2-4(7)5(3)8/h1-2H. The van der Waals surface area contributed by atoms with Gasteiger partial charge in [0.25, 0.3) is 0 Å². The number of halogens is 3. The van der Waals surface area contributed by atoms with E-state index < -0.39 is 5.82 Å². The van der Waals surface area contributed by atoms with Crippen LogP contribution in [0.4, 0.5) is 4.39 Å². The van der Waals surface area contributed by atoms with Gasteiger partial charge in [0.1, 0.15) is 0 Å². The largest absolute Gasteiger partial charge is 0.261 e. The van der Waals surface area contributed by atoms with E-state index in [1.165, 1.54) is 12.4 Å². The second kappa shape index (κ2) is 2.50. The molecule has 0 fully saturated rings. The van der Waals surface area contributed by atoms with Gasteiger partial charge >= 0.3 is 0 Å². The van der Waals surface area contributed by atoms with Crippen LogP contribution in [-0.4, -0.2) is 4.98 Å². The van der Waals surface area contributed by atoms with Crippen LogP contribution < -0.4 is 0 Å². The molecule has 9 heavy (non-hydrogen) atoms. The third-order valence-electron chi connectivity index (χ3n) is 0.795. The highest BCUT2D eigenvalue weighted by molar-refractivity contribution is 6.34. The van der Waals surface area contributed by atoms with E-state index in [4.69, 9.17) is 23.2 Å². The quantitative estimate of drug-likeness (QED) is 0.576. The Morgan fingerprint density at radius 3 is 2.00 bits per heavy atom. The molecule has 0 radical (unpaired) electrons. The lowest BCUT2D eigenvalue weighted by molar-refractivity contribution is 0.626. The molecule has 1 aromatic heterocycles. The Morgan fingerprint density at radius 2 is 1.67 bits per heavy atom. The molecule has 0 aliphatic heterocycles. The highest BCUT2D eigenvalue weighted by Gasteiger charge is 2.02. The van der Waals surface area contributed by atoms with Crippen LogP contribution in [0.25, 0.3) is 0 Å². The van der Waals surface area contributed by atoms with E-state index in [9.17, 15) is 4.39 Å². The first-order valence-electron chi connectivity index (χ1n) is 2.16. The Kier molecular flexibility index (Phi) is 1.88. The van der Waals surface area contributed by atoms with Crippen LogP contribution in [0.1, 0.15) is 0 Å². The zero-order valence-electron chi connectivity index (χ0n) is 4.24. The molecular formula is C5H2Cl2FN. The van der Waals surface area contributed by atoms with Gasteiger partial charge in [-0.25, -0.2) is 4.39 Å². The number of pyridine rings is 1. The molecule has 0 saturated heterocycles. The van der Waals surface area contributed by atoms with Crippen molar-refractivity contribution in [2.45, 2.75) is 0 Å². The van der Waals surface area contributed by atoms with Crippen molar-refractivity contribution >= 4 is 23.2 Å². The van der Waals surface area contributed by atoms with Gasteiger partial charge in [-0.15, -0.1) is 0 Å². The number of rotatable bonds is 0. The summed E-state index contributed by atoms with van der Waals surface area (Å²) in [5.41, 5.74) is 0. The molecule has 0 amide bonds. The van der Waals surface area contributed by atoms with E-state index in [2.05, 4.69) is 4.98 Å². The third kappa shape index (κ3) is 1.32. The molecule has 0 spiro atoms. The van der Waals surface area contributed by atoms with Crippen molar-refractivity contribution in [2.75, 3.05) is 0 Å². The van der Waals surface area contributed by atoms with Gasteiger partial charge < -0.3 is 0 Å². The van der Waals surface area contributed by atoms with Gasteiger partial charge in [-0.2, -0.15) is 0 Å². The van der Waals surface area contributed by atoms with Gasteiger partial charge in [0.2, 0.25) is 0 Å². The monoisotopic (exact) mass is 165 g/mol. The van der Waals surface area contributed by atoms with Crippen molar-refractivity contribution in [1.82, 2.24) is 4.98 Å². The molecule has 0 aliphatic rings. The van der Waals surface area contributed by atoms with Crippen LogP contribution in [0.15, 0.2) is 12.4 Å². The predicted octanol–water partition coefficient (Wildman–Crippen LogP) is 2.53. The zero-order chi connectivity index (χ0) is 6.85. The van der Waals surface area contributed by atoms with Crippen LogP contribution in [0, 0.1) is 5.82 Å². The molecule has 1 nitrogen and oxygen atoms in total. The Morgan fingerprint density at radius 1 is 1.22 bits per heavy atom. The summed E-state index contributed by atoms with van der Waals surface area (Å²) in [6.45, 7) is 0. The zero-order valence-corrected chi connectivity index (χ0v) is 5.75. The van der Waals surface area contributed by atoms with Gasteiger partial charge in [0, 0.05) is 12.4 Å². The van der Waals surface area contributed by atoms with Crippen LogP contribution in [0.3, 0.4) is 0 Å². The third-order valence-corrected chi connectivity index (χ3v) is 1.32. The van der Waals surface area contributed by atoms with Crippen LogP contribution >= 0.6 is 23.2 Å². The summed E-state index contributed by atoms with van der Waals surface area (Å²) in [7, 11) is 0. The van der Waals surface area contributed by atoms with Gasteiger partial charge in [-0.3, -0.25) is 4.98 Å². The molecule has 4 heteroatoms. The molecular weight excluding hydrogens is 164 g/mol. The highest BCUT2D eigenvalue weighted by Crippen LogP contribution is 2.19. The van der Waals surface area contributed by atoms with Crippen molar-refractivity contribution in [3.8, 4) is 0 Å². The van der Waals surface area contributed by atoms with Gasteiger partial charge in [0.05, 0.1) is 10.0 Å². The van der Waals surface area contributed by atoms with E-state index in [1.807, 2.05) is 0 Å². The average Bonchev–Trinajstić information content (AvgIpc) is 1.83. The predicted molar refractivity (Wildman–Crippen MR) is 34.2 cm³/mol. The van der Waals surface area contributed by atoms with Crippen LogP contribution in [0.2, 0.25) is 10.0 Å². The van der Waals surface area contributed by atoms with E-state index in [0.29, 0.717) is 0 Å². The summed E-state index contributed by atoms with van der Waals surface area (Å²) in [6.07, 6.45) is 2.39. The summed E-state index contributed by atoms with van der Waals surface area (Å²) in [6, 6.07) is 0. The first kappa shape index (κ1) is 6.78. The summed E-state index contributed by atoms with van der Waals surface area (Å²) in [5, 5.41) is -0.106. The molecule has 0 unspecified atom stereocenters. The van der Waals surface area contributed by atoms with E-state index in [0.717, 1.165) is 0 Å². The SMILES string of the molecule is Fc1c(Cl)cncc1Cl. The fourth-order valence-corrected chi connectivity index (χ4v) is 0.760. The van der Waals surface area contributed by atoms with E-state index >= 15 is 0 Å². The fraction of sp³-hybridized carbons (Fsp3) is 0. The summed E-state index contributed by atoms with van der Waals surface area (Å²) in [5.74, 6) is -0.617. The Bertz CT molecular complexity index is 206. The second-order valence-electron chi connectivity index (χ2n) is 1.42. The lowest BCUT2D eigenvalue weighted by Gasteiger charge is -1.91. The first-order chi connectivity index (χ1) is 4.22. The number of nitrogens with zero attached hydrogens (tertiary/aromatic N) is 1. The molecule has 1 rings (SSSR count). The minimum Gasteiger partial charge on any atom is -0.261 e. The smallest absolute Gasteiger partial charge is 0.163 e. The topological polar surface area (TPSA) is 12.9 Å². The van der Waals surface area contributed by atoms with Gasteiger partial charge in [-0.05, 0) is 0 Å². The minimum absolute atomic E-state index is 0.0532. The van der Waals surface area contributed by atoms with Crippen LogP contribution in [0.5, 0.6) is 0 Å². The molecule has 0 bridgehead atoms. The molecule has 0 atom stereocenters. The number of hydrogen-bond donors (Lipinski definition) is 0. The second-order valence-corrected chi connectivity index (χ2v) is 2.23. The van der Waals surface area contributed by atoms with Crippen LogP contribution in [-0.2, 0) is 0 Å². The summed E-state index contributed by atoms with van der Waals surface area (Å²) < 4.78 is 12.4. The number of aromatic nitrogens is 1. The first-order valence-corrected chi connectivity index (χ1v) is 2.92. The molecule has 0 aliphatic carbocycles. The lowest BCUT2D eigenvalue weighted by Crippen LogP contribution is -1.79. The van der Waals surface area contributed by atoms with Gasteiger partial charge in [-0.1, -0.05) is 23.2 Å². The lowest BCUT2D eigenvalue weighted by atomic mass is 10.5. The van der Waals surface area contributed by atoms with Crippen molar-refractivity contribution in [1.29, 1.82) is 0 Å². The average molecular weight is 166 g/mol. The molecule has 0 N–H and O–H groups in total. The Labute approximate surface area is 61.4 Å². The highest BCUT2D eigenvalue weighted by atomic mass is 35.5. The molecule has 0 aromatic carbocycles. The van der Waals surface area contributed by atoms with E-state index in [1.54, 1.807) is 0 Å². The molecule has 0 saturated carbocycles. The molecule has 1 aromatic rings.